The molecule has 0 spiro atoms. The van der Waals surface area contributed by atoms with E-state index in [0.717, 1.165) is 24.3 Å². The van der Waals surface area contributed by atoms with E-state index in [-0.39, 0.29) is 12.1 Å². The van der Waals surface area contributed by atoms with Crippen LogP contribution in [0.3, 0.4) is 0 Å². The van der Waals surface area contributed by atoms with Crippen molar-refractivity contribution in [3.8, 4) is 5.75 Å². The zero-order valence-corrected chi connectivity index (χ0v) is 10.8. The van der Waals surface area contributed by atoms with E-state index in [1.807, 2.05) is 12.1 Å². The molecule has 1 aliphatic heterocycles. The predicted octanol–water partition coefficient (Wildman–Crippen LogP) is 2.65. The van der Waals surface area contributed by atoms with Crippen molar-refractivity contribution in [1.29, 1.82) is 0 Å². The minimum absolute atomic E-state index is 0.0465. The van der Waals surface area contributed by atoms with Gasteiger partial charge in [0, 0.05) is 18.6 Å². The molecule has 2 fully saturated rings. The van der Waals surface area contributed by atoms with Gasteiger partial charge in [0.1, 0.15) is 5.75 Å². The van der Waals surface area contributed by atoms with E-state index < -0.39 is 0 Å². The van der Waals surface area contributed by atoms with Crippen LogP contribution in [-0.4, -0.2) is 18.8 Å². The van der Waals surface area contributed by atoms with E-state index >= 15 is 0 Å². The SMILES string of the molecule is CC1OCCC1C(N)c1cccc(OC2CC2)c1. The maximum Gasteiger partial charge on any atom is 0.120 e. The summed E-state index contributed by atoms with van der Waals surface area (Å²) in [6.07, 6.45) is 4.11. The van der Waals surface area contributed by atoms with Crippen molar-refractivity contribution in [2.45, 2.75) is 44.4 Å². The Balaban J connectivity index is 1.73. The highest BCUT2D eigenvalue weighted by Crippen LogP contribution is 2.34. The van der Waals surface area contributed by atoms with E-state index in [1.165, 1.54) is 12.8 Å². The van der Waals surface area contributed by atoms with Crippen molar-refractivity contribution in [2.75, 3.05) is 6.61 Å². The highest BCUT2D eigenvalue weighted by Gasteiger charge is 2.31. The number of hydrogen-bond donors (Lipinski definition) is 1. The third kappa shape index (κ3) is 2.52. The van der Waals surface area contributed by atoms with Crippen LogP contribution in [0.4, 0.5) is 0 Å². The van der Waals surface area contributed by atoms with E-state index in [0.29, 0.717) is 12.0 Å². The lowest BCUT2D eigenvalue weighted by atomic mass is 9.89. The summed E-state index contributed by atoms with van der Waals surface area (Å²) >= 11 is 0. The summed E-state index contributed by atoms with van der Waals surface area (Å²) in [5.41, 5.74) is 7.53. The summed E-state index contributed by atoms with van der Waals surface area (Å²) in [5.74, 6) is 1.37. The number of ether oxygens (including phenoxy) is 2. The molecular formula is C15H21NO2. The van der Waals surface area contributed by atoms with Crippen molar-refractivity contribution >= 4 is 0 Å². The van der Waals surface area contributed by atoms with Gasteiger partial charge < -0.3 is 15.2 Å². The Bertz CT molecular complexity index is 417. The Kier molecular flexibility index (Phi) is 3.27. The van der Waals surface area contributed by atoms with Gasteiger partial charge in [-0.15, -0.1) is 0 Å². The lowest BCUT2D eigenvalue weighted by molar-refractivity contribution is 0.0994. The molecule has 3 heteroatoms. The van der Waals surface area contributed by atoms with Gasteiger partial charge >= 0.3 is 0 Å². The monoisotopic (exact) mass is 247 g/mol. The zero-order chi connectivity index (χ0) is 12.5. The molecule has 2 N–H and O–H groups in total. The smallest absolute Gasteiger partial charge is 0.120 e. The summed E-state index contributed by atoms with van der Waals surface area (Å²) in [5, 5.41) is 0. The first-order valence-corrected chi connectivity index (χ1v) is 6.88. The summed E-state index contributed by atoms with van der Waals surface area (Å²) < 4.78 is 11.4. The van der Waals surface area contributed by atoms with Gasteiger partial charge in [-0.05, 0) is 43.9 Å². The average molecular weight is 247 g/mol. The summed E-state index contributed by atoms with van der Waals surface area (Å²) in [6, 6.07) is 8.28. The quantitative estimate of drug-likeness (QED) is 0.889. The van der Waals surface area contributed by atoms with E-state index in [2.05, 4.69) is 19.1 Å². The lowest BCUT2D eigenvalue weighted by Gasteiger charge is -2.22. The van der Waals surface area contributed by atoms with Gasteiger partial charge in [0.15, 0.2) is 0 Å². The van der Waals surface area contributed by atoms with Gasteiger partial charge in [0.05, 0.1) is 12.2 Å². The third-order valence-corrected chi connectivity index (χ3v) is 3.97. The van der Waals surface area contributed by atoms with Crippen molar-refractivity contribution in [1.82, 2.24) is 0 Å². The second-order valence-electron chi connectivity index (χ2n) is 5.44. The molecular weight excluding hydrogens is 226 g/mol. The maximum atomic E-state index is 6.37. The molecule has 1 aliphatic carbocycles. The number of hydrogen-bond acceptors (Lipinski definition) is 3. The molecule has 18 heavy (non-hydrogen) atoms. The highest BCUT2D eigenvalue weighted by atomic mass is 16.5. The van der Waals surface area contributed by atoms with Gasteiger partial charge in [-0.2, -0.15) is 0 Å². The number of benzene rings is 1. The second-order valence-corrected chi connectivity index (χ2v) is 5.44. The fraction of sp³-hybridized carbons (Fsp3) is 0.600. The molecule has 3 nitrogen and oxygen atoms in total. The van der Waals surface area contributed by atoms with Gasteiger partial charge in [-0.1, -0.05) is 12.1 Å². The topological polar surface area (TPSA) is 44.5 Å². The fourth-order valence-electron chi connectivity index (χ4n) is 2.64. The molecule has 3 rings (SSSR count). The Labute approximate surface area is 108 Å². The van der Waals surface area contributed by atoms with Gasteiger partial charge in [-0.25, -0.2) is 0 Å². The van der Waals surface area contributed by atoms with Crippen LogP contribution in [0.2, 0.25) is 0 Å². The number of rotatable bonds is 4. The van der Waals surface area contributed by atoms with Crippen LogP contribution >= 0.6 is 0 Å². The molecule has 1 aromatic carbocycles. The normalized spacial score (nSPS) is 29.2. The maximum absolute atomic E-state index is 6.37. The molecule has 0 aromatic heterocycles. The van der Waals surface area contributed by atoms with Crippen LogP contribution in [0.25, 0.3) is 0 Å². The molecule has 0 amide bonds. The largest absolute Gasteiger partial charge is 0.490 e. The molecule has 2 aliphatic rings. The van der Waals surface area contributed by atoms with E-state index in [1.54, 1.807) is 0 Å². The lowest BCUT2D eigenvalue weighted by Crippen LogP contribution is -2.26. The second kappa shape index (κ2) is 4.90. The average Bonchev–Trinajstić information content (AvgIpc) is 3.08. The van der Waals surface area contributed by atoms with Gasteiger partial charge in [0.25, 0.3) is 0 Å². The minimum atomic E-state index is 0.0465. The van der Waals surface area contributed by atoms with Gasteiger partial charge in [0.2, 0.25) is 0 Å². The molecule has 0 bridgehead atoms. The number of nitrogens with two attached hydrogens (primary N) is 1. The first kappa shape index (κ1) is 12.0. The van der Waals surface area contributed by atoms with Gasteiger partial charge in [-0.3, -0.25) is 0 Å². The Morgan fingerprint density at radius 1 is 1.33 bits per heavy atom. The van der Waals surface area contributed by atoms with Crippen molar-refractivity contribution < 1.29 is 9.47 Å². The fourth-order valence-corrected chi connectivity index (χ4v) is 2.64. The van der Waals surface area contributed by atoms with E-state index in [9.17, 15) is 0 Å². The predicted molar refractivity (Wildman–Crippen MR) is 70.5 cm³/mol. The van der Waals surface area contributed by atoms with Crippen LogP contribution in [0.5, 0.6) is 5.75 Å². The molecule has 98 valence electrons. The Morgan fingerprint density at radius 3 is 2.83 bits per heavy atom. The third-order valence-electron chi connectivity index (χ3n) is 3.97. The summed E-state index contributed by atoms with van der Waals surface area (Å²) in [6.45, 7) is 2.94. The molecule has 1 saturated carbocycles. The first-order valence-electron chi connectivity index (χ1n) is 6.88. The van der Waals surface area contributed by atoms with Crippen molar-refractivity contribution in [3.63, 3.8) is 0 Å². The standard InChI is InChI=1S/C15H21NO2/c1-10-14(7-8-17-10)15(16)11-3-2-4-13(9-11)18-12-5-6-12/h2-4,9-10,12,14-15H,5-8,16H2,1H3. The van der Waals surface area contributed by atoms with Crippen LogP contribution in [0, 0.1) is 5.92 Å². The highest BCUT2D eigenvalue weighted by molar-refractivity contribution is 5.31. The summed E-state index contributed by atoms with van der Waals surface area (Å²) in [7, 11) is 0. The van der Waals surface area contributed by atoms with Crippen molar-refractivity contribution in [3.05, 3.63) is 29.8 Å². The van der Waals surface area contributed by atoms with Crippen LogP contribution < -0.4 is 10.5 Å². The zero-order valence-electron chi connectivity index (χ0n) is 10.8. The molecule has 1 heterocycles. The molecule has 3 atom stereocenters. The Hall–Kier alpha value is -1.06. The van der Waals surface area contributed by atoms with E-state index in [4.69, 9.17) is 15.2 Å². The summed E-state index contributed by atoms with van der Waals surface area (Å²) in [4.78, 5) is 0. The first-order chi connectivity index (χ1) is 8.74. The molecule has 1 aromatic rings. The van der Waals surface area contributed by atoms with Crippen LogP contribution in [-0.2, 0) is 4.74 Å². The van der Waals surface area contributed by atoms with Crippen molar-refractivity contribution in [2.24, 2.45) is 11.7 Å². The molecule has 3 unspecified atom stereocenters. The molecule has 1 saturated heterocycles. The molecule has 0 radical (unpaired) electrons. The van der Waals surface area contributed by atoms with Crippen LogP contribution in [0.15, 0.2) is 24.3 Å². The minimum Gasteiger partial charge on any atom is -0.490 e. The Morgan fingerprint density at radius 2 is 2.17 bits per heavy atom. The van der Waals surface area contributed by atoms with Crippen LogP contribution in [0.1, 0.15) is 37.8 Å².